The van der Waals surface area contributed by atoms with Crippen LogP contribution in [0.2, 0.25) is 0 Å². The fraction of sp³-hybridized carbons (Fsp3) is 1.00. The standard InChI is InChI=1S/C14H26N2O6/c17-5-11(6-18)9-21-13(15-11)1-2-14(4-3-13)16-12(7-19,8-20)10-22-14/h15-20H,1-10H2. The first-order chi connectivity index (χ1) is 10.5. The molecule has 0 aromatic heterocycles. The van der Waals surface area contributed by atoms with Gasteiger partial charge in [0.2, 0.25) is 0 Å². The van der Waals surface area contributed by atoms with Crippen molar-refractivity contribution >= 4 is 0 Å². The Morgan fingerprint density at radius 3 is 1.18 bits per heavy atom. The maximum absolute atomic E-state index is 9.47. The van der Waals surface area contributed by atoms with Gasteiger partial charge in [-0.1, -0.05) is 0 Å². The van der Waals surface area contributed by atoms with E-state index in [0.717, 1.165) is 0 Å². The van der Waals surface area contributed by atoms with Crippen LogP contribution in [0.25, 0.3) is 0 Å². The van der Waals surface area contributed by atoms with Crippen LogP contribution in [0.1, 0.15) is 25.7 Å². The fourth-order valence-electron chi connectivity index (χ4n) is 3.70. The molecular formula is C14H26N2O6. The molecule has 0 unspecified atom stereocenters. The number of aliphatic hydroxyl groups is 4. The van der Waals surface area contributed by atoms with Crippen LogP contribution in [-0.2, 0) is 9.47 Å². The monoisotopic (exact) mass is 318 g/mol. The molecule has 2 spiro atoms. The Morgan fingerprint density at radius 2 is 0.955 bits per heavy atom. The second kappa shape index (κ2) is 5.64. The summed E-state index contributed by atoms with van der Waals surface area (Å²) in [6.07, 6.45) is 2.65. The largest absolute Gasteiger partial charge is 0.394 e. The van der Waals surface area contributed by atoms with Crippen LogP contribution >= 0.6 is 0 Å². The highest BCUT2D eigenvalue weighted by molar-refractivity contribution is 5.07. The van der Waals surface area contributed by atoms with Crippen LogP contribution in [0, 0.1) is 0 Å². The van der Waals surface area contributed by atoms with Crippen LogP contribution < -0.4 is 10.6 Å². The predicted molar refractivity (Wildman–Crippen MR) is 75.9 cm³/mol. The number of rotatable bonds is 4. The van der Waals surface area contributed by atoms with E-state index in [4.69, 9.17) is 9.47 Å². The first kappa shape index (κ1) is 16.5. The molecule has 0 aromatic carbocycles. The van der Waals surface area contributed by atoms with Crippen LogP contribution in [0.15, 0.2) is 0 Å². The van der Waals surface area contributed by atoms with E-state index in [-0.39, 0.29) is 39.6 Å². The highest BCUT2D eigenvalue weighted by Gasteiger charge is 2.56. The van der Waals surface area contributed by atoms with Gasteiger partial charge in [0.1, 0.15) is 11.4 Å². The molecule has 8 nitrogen and oxygen atoms in total. The Bertz CT molecular complexity index is 364. The van der Waals surface area contributed by atoms with Gasteiger partial charge in [0.25, 0.3) is 0 Å². The molecule has 22 heavy (non-hydrogen) atoms. The van der Waals surface area contributed by atoms with Crippen LogP contribution in [-0.4, -0.2) is 82.6 Å². The maximum atomic E-state index is 9.47. The van der Waals surface area contributed by atoms with E-state index in [0.29, 0.717) is 25.7 Å². The zero-order valence-electron chi connectivity index (χ0n) is 12.7. The lowest BCUT2D eigenvalue weighted by atomic mass is 9.84. The van der Waals surface area contributed by atoms with Gasteiger partial charge in [-0.3, -0.25) is 10.6 Å². The van der Waals surface area contributed by atoms with Gasteiger partial charge in [-0.25, -0.2) is 0 Å². The fourth-order valence-corrected chi connectivity index (χ4v) is 3.70. The minimum absolute atomic E-state index is 0.177. The van der Waals surface area contributed by atoms with Gasteiger partial charge in [-0.05, 0) is 25.7 Å². The lowest BCUT2D eigenvalue weighted by molar-refractivity contribution is -0.115. The summed E-state index contributed by atoms with van der Waals surface area (Å²) >= 11 is 0. The summed E-state index contributed by atoms with van der Waals surface area (Å²) in [5.41, 5.74) is -2.67. The second-order valence-electron chi connectivity index (χ2n) is 7.01. The summed E-state index contributed by atoms with van der Waals surface area (Å²) in [5.74, 6) is 0. The van der Waals surface area contributed by atoms with Crippen LogP contribution in [0.3, 0.4) is 0 Å². The predicted octanol–water partition coefficient (Wildman–Crippen LogP) is -2.36. The van der Waals surface area contributed by atoms with Gasteiger partial charge in [0.05, 0.1) is 50.7 Å². The highest BCUT2D eigenvalue weighted by Crippen LogP contribution is 2.43. The first-order valence-corrected chi connectivity index (χ1v) is 7.79. The second-order valence-corrected chi connectivity index (χ2v) is 7.01. The average Bonchev–Trinajstić information content (AvgIpc) is 3.12. The molecule has 0 radical (unpaired) electrons. The van der Waals surface area contributed by atoms with Crippen molar-refractivity contribution in [2.45, 2.75) is 48.2 Å². The molecule has 0 amide bonds. The third-order valence-corrected chi connectivity index (χ3v) is 5.31. The molecule has 2 saturated heterocycles. The molecule has 0 atom stereocenters. The summed E-state index contributed by atoms with van der Waals surface area (Å²) in [7, 11) is 0. The van der Waals surface area contributed by atoms with Gasteiger partial charge in [-0.15, -0.1) is 0 Å². The van der Waals surface area contributed by atoms with E-state index < -0.39 is 22.5 Å². The van der Waals surface area contributed by atoms with Crippen LogP contribution in [0.4, 0.5) is 0 Å². The average molecular weight is 318 g/mol. The summed E-state index contributed by atoms with van der Waals surface area (Å²) in [5, 5.41) is 44.4. The summed E-state index contributed by atoms with van der Waals surface area (Å²) in [6, 6.07) is 0. The van der Waals surface area contributed by atoms with Crippen molar-refractivity contribution in [3.63, 3.8) is 0 Å². The normalized spacial score (nSPS) is 39.8. The molecule has 2 aliphatic heterocycles. The van der Waals surface area contributed by atoms with E-state index in [1.165, 1.54) is 0 Å². The third kappa shape index (κ3) is 2.57. The van der Waals surface area contributed by atoms with Crippen LogP contribution in [0.5, 0.6) is 0 Å². The molecule has 0 aromatic rings. The number of hydrogen-bond donors (Lipinski definition) is 6. The zero-order valence-corrected chi connectivity index (χ0v) is 12.7. The molecule has 128 valence electrons. The Balaban J connectivity index is 1.64. The molecule has 3 fully saturated rings. The summed E-state index contributed by atoms with van der Waals surface area (Å²) in [6.45, 7) is -0.157. The molecule has 0 bridgehead atoms. The number of hydrogen-bond acceptors (Lipinski definition) is 8. The van der Waals surface area contributed by atoms with Crippen molar-refractivity contribution in [3.8, 4) is 0 Å². The van der Waals surface area contributed by atoms with E-state index in [9.17, 15) is 20.4 Å². The SMILES string of the molecule is OCC1(CO)COC2(CCC3(CC2)NC(CO)(CO)CO3)N1. The molecule has 3 aliphatic rings. The van der Waals surface area contributed by atoms with E-state index in [1.807, 2.05) is 0 Å². The molecule has 6 N–H and O–H groups in total. The molecule has 2 heterocycles. The smallest absolute Gasteiger partial charge is 0.120 e. The third-order valence-electron chi connectivity index (χ3n) is 5.31. The summed E-state index contributed by atoms with van der Waals surface area (Å²) < 4.78 is 11.7. The number of aliphatic hydroxyl groups excluding tert-OH is 4. The summed E-state index contributed by atoms with van der Waals surface area (Å²) in [4.78, 5) is 0. The van der Waals surface area contributed by atoms with Crippen molar-refractivity contribution in [1.82, 2.24) is 10.6 Å². The number of nitrogens with one attached hydrogen (secondary N) is 2. The minimum Gasteiger partial charge on any atom is -0.394 e. The molecule has 8 heteroatoms. The van der Waals surface area contributed by atoms with Gasteiger partial charge in [-0.2, -0.15) is 0 Å². The topological polar surface area (TPSA) is 123 Å². The Morgan fingerprint density at radius 1 is 0.636 bits per heavy atom. The van der Waals surface area contributed by atoms with Gasteiger partial charge >= 0.3 is 0 Å². The Hall–Kier alpha value is -0.320. The quantitative estimate of drug-likeness (QED) is 0.340. The van der Waals surface area contributed by atoms with Gasteiger partial charge in [0, 0.05) is 0 Å². The molecular weight excluding hydrogens is 292 g/mol. The molecule has 1 aliphatic carbocycles. The minimum atomic E-state index is -0.783. The molecule has 1 saturated carbocycles. The molecule has 3 rings (SSSR count). The van der Waals surface area contributed by atoms with Gasteiger partial charge in [0.15, 0.2) is 0 Å². The van der Waals surface area contributed by atoms with E-state index in [1.54, 1.807) is 0 Å². The Kier molecular flexibility index (Phi) is 4.24. The Labute approximate surface area is 129 Å². The lowest BCUT2D eigenvalue weighted by Gasteiger charge is -2.43. The van der Waals surface area contributed by atoms with E-state index >= 15 is 0 Å². The maximum Gasteiger partial charge on any atom is 0.120 e. The van der Waals surface area contributed by atoms with E-state index in [2.05, 4.69) is 10.6 Å². The van der Waals surface area contributed by atoms with Crippen molar-refractivity contribution in [2.75, 3.05) is 39.6 Å². The lowest BCUT2D eigenvalue weighted by Crippen LogP contribution is -2.62. The van der Waals surface area contributed by atoms with Crippen molar-refractivity contribution < 1.29 is 29.9 Å². The van der Waals surface area contributed by atoms with Crippen molar-refractivity contribution in [1.29, 1.82) is 0 Å². The van der Waals surface area contributed by atoms with Crippen molar-refractivity contribution in [2.24, 2.45) is 0 Å². The van der Waals surface area contributed by atoms with Gasteiger partial charge < -0.3 is 29.9 Å². The number of ether oxygens (including phenoxy) is 2. The highest BCUT2D eigenvalue weighted by atomic mass is 16.5. The first-order valence-electron chi connectivity index (χ1n) is 7.79. The van der Waals surface area contributed by atoms with Crippen molar-refractivity contribution in [3.05, 3.63) is 0 Å². The zero-order chi connectivity index (χ0) is 15.9.